The zero-order valence-corrected chi connectivity index (χ0v) is 12.3. The SMILES string of the molecule is Cc1cccnc1/C=C1/C(=O)N2C1CC(C)(C)[C@@H]2C(=O)O. The molecule has 0 spiro atoms. The van der Waals surface area contributed by atoms with E-state index in [2.05, 4.69) is 4.98 Å². The Labute approximate surface area is 123 Å². The number of hydrogen-bond acceptors (Lipinski definition) is 3. The summed E-state index contributed by atoms with van der Waals surface area (Å²) in [6.07, 6.45) is 4.17. The Morgan fingerprint density at radius 1 is 1.52 bits per heavy atom. The van der Waals surface area contributed by atoms with Gasteiger partial charge in [-0.1, -0.05) is 19.9 Å². The minimum atomic E-state index is -0.927. The lowest BCUT2D eigenvalue weighted by Crippen LogP contribution is -2.57. The van der Waals surface area contributed by atoms with Crippen molar-refractivity contribution < 1.29 is 14.7 Å². The van der Waals surface area contributed by atoms with Crippen molar-refractivity contribution in [2.45, 2.75) is 39.3 Å². The third-order valence-electron chi connectivity index (χ3n) is 4.49. The monoisotopic (exact) mass is 286 g/mol. The van der Waals surface area contributed by atoms with Gasteiger partial charge < -0.3 is 10.0 Å². The van der Waals surface area contributed by atoms with Crippen molar-refractivity contribution in [1.82, 2.24) is 9.88 Å². The molecule has 2 atom stereocenters. The molecule has 1 unspecified atom stereocenters. The van der Waals surface area contributed by atoms with E-state index in [9.17, 15) is 14.7 Å². The smallest absolute Gasteiger partial charge is 0.327 e. The molecule has 0 aromatic carbocycles. The molecule has 2 aliphatic heterocycles. The summed E-state index contributed by atoms with van der Waals surface area (Å²) in [6, 6.07) is 2.96. The van der Waals surface area contributed by atoms with Gasteiger partial charge in [-0.25, -0.2) is 4.79 Å². The summed E-state index contributed by atoms with van der Waals surface area (Å²) in [5.74, 6) is -1.10. The molecule has 0 aliphatic carbocycles. The predicted molar refractivity (Wildman–Crippen MR) is 77.4 cm³/mol. The van der Waals surface area contributed by atoms with E-state index in [-0.39, 0.29) is 11.9 Å². The van der Waals surface area contributed by atoms with E-state index in [1.807, 2.05) is 32.9 Å². The van der Waals surface area contributed by atoms with Crippen LogP contribution in [0.25, 0.3) is 6.08 Å². The summed E-state index contributed by atoms with van der Waals surface area (Å²) >= 11 is 0. The molecule has 21 heavy (non-hydrogen) atoms. The van der Waals surface area contributed by atoms with Crippen LogP contribution < -0.4 is 0 Å². The van der Waals surface area contributed by atoms with Gasteiger partial charge >= 0.3 is 5.97 Å². The first-order chi connectivity index (χ1) is 9.83. The van der Waals surface area contributed by atoms with Crippen LogP contribution in [0.2, 0.25) is 0 Å². The summed E-state index contributed by atoms with van der Waals surface area (Å²) in [6.45, 7) is 5.75. The molecular weight excluding hydrogens is 268 g/mol. The van der Waals surface area contributed by atoms with Gasteiger partial charge in [0.25, 0.3) is 5.91 Å². The molecule has 1 aromatic rings. The molecule has 5 heteroatoms. The second-order valence-electron chi connectivity index (χ2n) is 6.47. The number of rotatable bonds is 2. The number of carboxylic acids is 1. The highest BCUT2D eigenvalue weighted by Gasteiger charge is 2.60. The maximum Gasteiger partial charge on any atom is 0.327 e. The number of hydrogen-bond donors (Lipinski definition) is 1. The number of amides is 1. The molecule has 2 fully saturated rings. The average Bonchev–Trinajstić information content (AvgIpc) is 2.66. The number of nitrogens with zero attached hydrogens (tertiary/aromatic N) is 2. The number of carboxylic acid groups (broad SMARTS) is 1. The van der Waals surface area contributed by atoms with Crippen molar-refractivity contribution in [3.63, 3.8) is 0 Å². The van der Waals surface area contributed by atoms with E-state index in [4.69, 9.17) is 0 Å². The van der Waals surface area contributed by atoms with Crippen LogP contribution in [0.3, 0.4) is 0 Å². The van der Waals surface area contributed by atoms with Crippen LogP contribution in [0.15, 0.2) is 23.9 Å². The second kappa shape index (κ2) is 4.41. The van der Waals surface area contributed by atoms with Gasteiger partial charge in [0.1, 0.15) is 6.04 Å². The van der Waals surface area contributed by atoms with Crippen molar-refractivity contribution in [3.05, 3.63) is 35.2 Å². The summed E-state index contributed by atoms with van der Waals surface area (Å²) in [5, 5.41) is 9.38. The second-order valence-corrected chi connectivity index (χ2v) is 6.47. The molecule has 0 radical (unpaired) electrons. The highest BCUT2D eigenvalue weighted by atomic mass is 16.4. The van der Waals surface area contributed by atoms with Gasteiger partial charge in [0.2, 0.25) is 0 Å². The molecule has 0 saturated carbocycles. The number of pyridine rings is 1. The van der Waals surface area contributed by atoms with Crippen LogP contribution in [0.4, 0.5) is 0 Å². The molecule has 2 saturated heterocycles. The maximum absolute atomic E-state index is 12.3. The first kappa shape index (κ1) is 13.8. The van der Waals surface area contributed by atoms with Crippen molar-refractivity contribution >= 4 is 18.0 Å². The number of β-lactam (4-membered cyclic amide) rings is 1. The molecule has 1 amide bonds. The normalized spacial score (nSPS) is 28.4. The predicted octanol–water partition coefficient (Wildman–Crippen LogP) is 1.87. The van der Waals surface area contributed by atoms with Crippen LogP contribution in [-0.2, 0) is 9.59 Å². The third kappa shape index (κ3) is 1.95. The molecule has 3 rings (SSSR count). The van der Waals surface area contributed by atoms with Crippen LogP contribution >= 0.6 is 0 Å². The zero-order chi connectivity index (χ0) is 15.4. The molecule has 1 aromatic heterocycles. The van der Waals surface area contributed by atoms with Crippen LogP contribution in [0, 0.1) is 12.3 Å². The Balaban J connectivity index is 1.95. The molecule has 110 valence electrons. The van der Waals surface area contributed by atoms with E-state index in [1.54, 1.807) is 12.3 Å². The zero-order valence-electron chi connectivity index (χ0n) is 12.3. The Morgan fingerprint density at radius 3 is 2.86 bits per heavy atom. The van der Waals surface area contributed by atoms with E-state index in [0.717, 1.165) is 11.3 Å². The minimum absolute atomic E-state index is 0.102. The first-order valence-corrected chi connectivity index (χ1v) is 7.01. The number of carbonyl (C=O) groups excluding carboxylic acids is 1. The largest absolute Gasteiger partial charge is 0.480 e. The van der Waals surface area contributed by atoms with Gasteiger partial charge in [-0.2, -0.15) is 0 Å². The first-order valence-electron chi connectivity index (χ1n) is 7.01. The van der Waals surface area contributed by atoms with Gasteiger partial charge in [-0.05, 0) is 36.5 Å². The quantitative estimate of drug-likeness (QED) is 0.665. The van der Waals surface area contributed by atoms with E-state index in [0.29, 0.717) is 12.0 Å². The summed E-state index contributed by atoms with van der Waals surface area (Å²) in [7, 11) is 0. The lowest BCUT2D eigenvalue weighted by atomic mass is 9.83. The van der Waals surface area contributed by atoms with Crippen molar-refractivity contribution in [2.24, 2.45) is 5.41 Å². The maximum atomic E-state index is 12.3. The van der Waals surface area contributed by atoms with Gasteiger partial charge in [0.15, 0.2) is 0 Å². The summed E-state index contributed by atoms with van der Waals surface area (Å²) < 4.78 is 0. The van der Waals surface area contributed by atoms with Crippen molar-refractivity contribution in [1.29, 1.82) is 0 Å². The van der Waals surface area contributed by atoms with Gasteiger partial charge in [-0.3, -0.25) is 9.78 Å². The topological polar surface area (TPSA) is 70.5 Å². The average molecular weight is 286 g/mol. The van der Waals surface area contributed by atoms with Crippen molar-refractivity contribution in [3.8, 4) is 0 Å². The fraction of sp³-hybridized carbons (Fsp3) is 0.438. The van der Waals surface area contributed by atoms with Crippen LogP contribution in [0.1, 0.15) is 31.5 Å². The highest BCUT2D eigenvalue weighted by Crippen LogP contribution is 2.49. The van der Waals surface area contributed by atoms with Crippen LogP contribution in [-0.4, -0.2) is 39.0 Å². The lowest BCUT2D eigenvalue weighted by molar-refractivity contribution is -0.154. The Hall–Kier alpha value is -2.17. The molecular formula is C16H18N2O3. The van der Waals surface area contributed by atoms with E-state index in [1.165, 1.54) is 4.90 Å². The molecule has 2 aliphatic rings. The molecule has 5 nitrogen and oxygen atoms in total. The van der Waals surface area contributed by atoms with Gasteiger partial charge in [0.05, 0.1) is 11.7 Å². The summed E-state index contributed by atoms with van der Waals surface area (Å²) in [5.41, 5.74) is 2.04. The number of aromatic nitrogens is 1. The Kier molecular flexibility index (Phi) is 2.90. The van der Waals surface area contributed by atoms with Gasteiger partial charge in [-0.15, -0.1) is 0 Å². The molecule has 1 N–H and O–H groups in total. The van der Waals surface area contributed by atoms with Crippen LogP contribution in [0.5, 0.6) is 0 Å². The van der Waals surface area contributed by atoms with E-state index < -0.39 is 17.4 Å². The minimum Gasteiger partial charge on any atom is -0.480 e. The fourth-order valence-corrected chi connectivity index (χ4v) is 3.42. The Bertz CT molecular complexity index is 663. The number of fused-ring (bicyclic) bond motifs is 1. The standard InChI is InChI=1S/C16H18N2O3/c1-9-5-4-6-17-11(9)7-10-12-8-16(2,3)13(15(20)21)18(12)14(10)19/h4-7,12-13H,8H2,1-3H3,(H,20,21)/b10-7+/t12?,13-/m0/s1. The number of aryl methyl sites for hydroxylation is 1. The third-order valence-corrected chi connectivity index (χ3v) is 4.49. The lowest BCUT2D eigenvalue weighted by Gasteiger charge is -2.40. The number of carbonyl (C=O) groups is 2. The van der Waals surface area contributed by atoms with Crippen molar-refractivity contribution in [2.75, 3.05) is 0 Å². The highest BCUT2D eigenvalue weighted by molar-refractivity contribution is 6.08. The van der Waals surface area contributed by atoms with E-state index >= 15 is 0 Å². The molecule has 3 heterocycles. The summed E-state index contributed by atoms with van der Waals surface area (Å²) in [4.78, 5) is 29.6. The number of aliphatic carboxylic acids is 1. The van der Waals surface area contributed by atoms with Gasteiger partial charge in [0, 0.05) is 11.8 Å². The molecule has 0 bridgehead atoms. The Morgan fingerprint density at radius 2 is 2.24 bits per heavy atom. The fourth-order valence-electron chi connectivity index (χ4n) is 3.42.